The summed E-state index contributed by atoms with van der Waals surface area (Å²) in [6, 6.07) is 0.270. The van der Waals surface area contributed by atoms with Gasteiger partial charge < -0.3 is 0 Å². The van der Waals surface area contributed by atoms with Crippen molar-refractivity contribution in [2.75, 3.05) is 13.6 Å². The zero-order chi connectivity index (χ0) is 10.3. The van der Waals surface area contributed by atoms with Crippen molar-refractivity contribution in [3.05, 3.63) is 0 Å². The molecule has 1 saturated heterocycles. The SMILES string of the molecule is CC(=O)[C@@H]1[C@H]2[C@@H]3C[C@@H]([C@H]4C[C@H]43)[C@H]2CN1C. The van der Waals surface area contributed by atoms with Crippen LogP contribution in [0.1, 0.15) is 19.8 Å². The molecule has 2 nitrogen and oxygen atoms in total. The highest BCUT2D eigenvalue weighted by atomic mass is 16.1. The minimum Gasteiger partial charge on any atom is -0.298 e. The van der Waals surface area contributed by atoms with E-state index in [0.29, 0.717) is 5.78 Å². The molecule has 82 valence electrons. The first-order valence-corrected chi connectivity index (χ1v) is 6.39. The summed E-state index contributed by atoms with van der Waals surface area (Å²) in [4.78, 5) is 14.1. The normalized spacial score (nSPS) is 60.5. The molecule has 0 aromatic carbocycles. The van der Waals surface area contributed by atoms with E-state index in [2.05, 4.69) is 11.9 Å². The first-order valence-electron chi connectivity index (χ1n) is 6.39. The fourth-order valence-electron chi connectivity index (χ4n) is 5.47. The van der Waals surface area contributed by atoms with E-state index in [1.54, 1.807) is 6.92 Å². The summed E-state index contributed by atoms with van der Waals surface area (Å²) in [5.74, 6) is 6.05. The third-order valence-corrected chi connectivity index (χ3v) is 5.83. The zero-order valence-electron chi connectivity index (χ0n) is 9.52. The highest BCUT2D eigenvalue weighted by molar-refractivity contribution is 5.82. The fourth-order valence-corrected chi connectivity index (χ4v) is 5.47. The molecule has 4 rings (SSSR count). The molecule has 3 aliphatic carbocycles. The number of carbonyl (C=O) groups is 1. The highest BCUT2D eigenvalue weighted by Gasteiger charge is 2.68. The molecule has 1 aliphatic heterocycles. The molecule has 4 aliphatic rings. The molecule has 0 radical (unpaired) electrons. The number of ketones is 1. The van der Waals surface area contributed by atoms with Crippen LogP contribution in [0.3, 0.4) is 0 Å². The van der Waals surface area contributed by atoms with Gasteiger partial charge in [0, 0.05) is 6.54 Å². The van der Waals surface area contributed by atoms with Crippen LogP contribution in [0.25, 0.3) is 0 Å². The van der Waals surface area contributed by atoms with Gasteiger partial charge in [-0.05, 0) is 62.3 Å². The first kappa shape index (κ1) is 8.74. The van der Waals surface area contributed by atoms with Gasteiger partial charge in [0.05, 0.1) is 6.04 Å². The molecule has 7 atom stereocenters. The number of hydrogen-bond donors (Lipinski definition) is 0. The molecule has 15 heavy (non-hydrogen) atoms. The Morgan fingerprint density at radius 2 is 1.67 bits per heavy atom. The van der Waals surface area contributed by atoms with E-state index in [4.69, 9.17) is 0 Å². The Morgan fingerprint density at radius 1 is 1.07 bits per heavy atom. The zero-order valence-corrected chi connectivity index (χ0v) is 9.52. The lowest BCUT2D eigenvalue weighted by Crippen LogP contribution is -2.38. The number of fused-ring (bicyclic) bond motifs is 8. The second-order valence-corrected chi connectivity index (χ2v) is 6.36. The van der Waals surface area contributed by atoms with Gasteiger partial charge in [0.25, 0.3) is 0 Å². The van der Waals surface area contributed by atoms with Gasteiger partial charge in [-0.1, -0.05) is 0 Å². The van der Waals surface area contributed by atoms with E-state index in [-0.39, 0.29) is 6.04 Å². The van der Waals surface area contributed by atoms with Crippen molar-refractivity contribution in [1.29, 1.82) is 0 Å². The van der Waals surface area contributed by atoms with E-state index in [9.17, 15) is 4.79 Å². The number of rotatable bonds is 1. The standard InChI is InChI=1S/C13H19NO/c1-6(15)13-12-10-4-9(7-3-8(7)10)11(12)5-14(13)2/h7-13H,3-5H2,1-2H3/t7-,8+,9-,10+,11+,12-,13+/m0/s1. The first-order chi connectivity index (χ1) is 7.18. The van der Waals surface area contributed by atoms with Gasteiger partial charge in [0.1, 0.15) is 5.78 Å². The Hall–Kier alpha value is -0.370. The molecular formula is C13H19NO. The molecule has 0 amide bonds. The van der Waals surface area contributed by atoms with Gasteiger partial charge >= 0.3 is 0 Å². The Labute approximate surface area is 91.0 Å². The lowest BCUT2D eigenvalue weighted by molar-refractivity contribution is -0.122. The maximum absolute atomic E-state index is 11.8. The van der Waals surface area contributed by atoms with Gasteiger partial charge in [-0.2, -0.15) is 0 Å². The molecule has 0 spiro atoms. The van der Waals surface area contributed by atoms with Gasteiger partial charge in [-0.3, -0.25) is 9.69 Å². The van der Waals surface area contributed by atoms with Crippen LogP contribution in [-0.2, 0) is 4.79 Å². The average Bonchev–Trinajstić information content (AvgIpc) is 2.62. The lowest BCUT2D eigenvalue weighted by atomic mass is 9.77. The molecule has 2 bridgehead atoms. The number of nitrogens with zero attached hydrogens (tertiary/aromatic N) is 1. The lowest BCUT2D eigenvalue weighted by Gasteiger charge is -2.27. The third-order valence-electron chi connectivity index (χ3n) is 5.83. The van der Waals surface area contributed by atoms with Crippen LogP contribution < -0.4 is 0 Å². The molecule has 3 saturated carbocycles. The van der Waals surface area contributed by atoms with Crippen molar-refractivity contribution in [2.24, 2.45) is 35.5 Å². The smallest absolute Gasteiger partial charge is 0.147 e. The minimum absolute atomic E-state index is 0.270. The van der Waals surface area contributed by atoms with Gasteiger partial charge in [0.2, 0.25) is 0 Å². The number of likely N-dealkylation sites (N-methyl/N-ethyl adjacent to an activating group) is 1. The van der Waals surface area contributed by atoms with Crippen LogP contribution in [0.15, 0.2) is 0 Å². The highest BCUT2D eigenvalue weighted by Crippen LogP contribution is 2.71. The Balaban J connectivity index is 1.71. The molecule has 0 aromatic rings. The predicted octanol–water partition coefficient (Wildman–Crippen LogP) is 1.41. The van der Waals surface area contributed by atoms with E-state index < -0.39 is 0 Å². The number of likely N-dealkylation sites (tertiary alicyclic amines) is 1. The molecule has 0 N–H and O–H groups in total. The van der Waals surface area contributed by atoms with Crippen molar-refractivity contribution in [2.45, 2.75) is 25.8 Å². The topological polar surface area (TPSA) is 20.3 Å². The van der Waals surface area contributed by atoms with Crippen LogP contribution in [0.5, 0.6) is 0 Å². The van der Waals surface area contributed by atoms with E-state index in [1.807, 2.05) is 0 Å². The quantitative estimate of drug-likeness (QED) is 0.645. The van der Waals surface area contributed by atoms with Crippen LogP contribution in [0.4, 0.5) is 0 Å². The van der Waals surface area contributed by atoms with Crippen LogP contribution in [0.2, 0.25) is 0 Å². The van der Waals surface area contributed by atoms with Gasteiger partial charge in [-0.15, -0.1) is 0 Å². The molecule has 0 unspecified atom stereocenters. The average molecular weight is 205 g/mol. The van der Waals surface area contributed by atoms with Gasteiger partial charge in [-0.25, -0.2) is 0 Å². The molecule has 1 heterocycles. The summed E-state index contributed by atoms with van der Waals surface area (Å²) in [6.07, 6.45) is 2.96. The largest absolute Gasteiger partial charge is 0.298 e. The number of Topliss-reactive ketones (excluding diaryl/α,β-unsaturated/α-hetero) is 1. The van der Waals surface area contributed by atoms with Crippen LogP contribution >= 0.6 is 0 Å². The van der Waals surface area contributed by atoms with Crippen molar-refractivity contribution in [1.82, 2.24) is 4.90 Å². The van der Waals surface area contributed by atoms with Crippen molar-refractivity contribution in [3.8, 4) is 0 Å². The van der Waals surface area contributed by atoms with Crippen molar-refractivity contribution < 1.29 is 4.79 Å². The monoisotopic (exact) mass is 205 g/mol. The summed E-state index contributed by atoms with van der Waals surface area (Å²) >= 11 is 0. The third kappa shape index (κ3) is 0.885. The Bertz CT molecular complexity index is 339. The maximum atomic E-state index is 11.8. The summed E-state index contributed by atoms with van der Waals surface area (Å²) in [7, 11) is 2.15. The molecular weight excluding hydrogens is 186 g/mol. The second-order valence-electron chi connectivity index (χ2n) is 6.36. The van der Waals surface area contributed by atoms with Gasteiger partial charge in [0.15, 0.2) is 0 Å². The summed E-state index contributed by atoms with van der Waals surface area (Å²) in [5, 5.41) is 0. The maximum Gasteiger partial charge on any atom is 0.147 e. The van der Waals surface area contributed by atoms with E-state index in [0.717, 1.165) is 35.5 Å². The summed E-state index contributed by atoms with van der Waals surface area (Å²) < 4.78 is 0. The fraction of sp³-hybridized carbons (Fsp3) is 0.923. The predicted molar refractivity (Wildman–Crippen MR) is 57.3 cm³/mol. The summed E-state index contributed by atoms with van der Waals surface area (Å²) in [6.45, 7) is 2.99. The Kier molecular flexibility index (Phi) is 1.44. The number of carbonyl (C=O) groups excluding carboxylic acids is 1. The second kappa shape index (κ2) is 2.48. The molecule has 0 aromatic heterocycles. The number of hydrogen-bond acceptors (Lipinski definition) is 2. The van der Waals surface area contributed by atoms with E-state index in [1.165, 1.54) is 19.4 Å². The minimum atomic E-state index is 0.270. The molecule has 2 heteroatoms. The van der Waals surface area contributed by atoms with E-state index >= 15 is 0 Å². The molecule has 4 fully saturated rings. The van der Waals surface area contributed by atoms with Crippen LogP contribution in [0, 0.1) is 35.5 Å². The van der Waals surface area contributed by atoms with Crippen molar-refractivity contribution >= 4 is 5.78 Å². The summed E-state index contributed by atoms with van der Waals surface area (Å²) in [5.41, 5.74) is 0. The Morgan fingerprint density at radius 3 is 2.40 bits per heavy atom. The van der Waals surface area contributed by atoms with Crippen molar-refractivity contribution in [3.63, 3.8) is 0 Å². The van der Waals surface area contributed by atoms with Crippen LogP contribution in [-0.4, -0.2) is 30.3 Å².